The summed E-state index contributed by atoms with van der Waals surface area (Å²) in [4.78, 5) is 11.4. The van der Waals surface area contributed by atoms with Crippen LogP contribution < -0.4 is 11.1 Å². The molecule has 0 saturated carbocycles. The monoisotopic (exact) mass is 283 g/mol. The van der Waals surface area contributed by atoms with E-state index in [1.165, 1.54) is 18.2 Å². The predicted molar refractivity (Wildman–Crippen MR) is 78.1 cm³/mol. The fraction of sp³-hybridized carbons (Fsp3) is 0.125. The van der Waals surface area contributed by atoms with Crippen LogP contribution in [0.5, 0.6) is 0 Å². The largest absolute Gasteiger partial charge is 0.380 e. The zero-order valence-electron chi connectivity index (χ0n) is 11.5. The van der Waals surface area contributed by atoms with Gasteiger partial charge in [0.05, 0.1) is 22.9 Å². The van der Waals surface area contributed by atoms with Crippen molar-refractivity contribution in [1.82, 2.24) is 0 Å². The number of para-hydroxylation sites is 1. The minimum Gasteiger partial charge on any atom is -0.380 e. The molecule has 2 aromatic carbocycles. The lowest BCUT2D eigenvalue weighted by molar-refractivity contribution is 0.100. The molecule has 0 aliphatic rings. The number of rotatable bonds is 4. The molecule has 1 amide bonds. The predicted octanol–water partition coefficient (Wildman–Crippen LogP) is 2.72. The SMILES string of the molecule is Cc1cccc(C(N)=O)c1NCc1cc(C#N)ccc1F. The number of nitrogens with two attached hydrogens (primary N) is 1. The lowest BCUT2D eigenvalue weighted by Gasteiger charge is -2.13. The number of aryl methyl sites for hydroxylation is 1. The first-order valence-electron chi connectivity index (χ1n) is 6.34. The lowest BCUT2D eigenvalue weighted by Crippen LogP contribution is -2.15. The van der Waals surface area contributed by atoms with Gasteiger partial charge in [-0.05, 0) is 36.8 Å². The van der Waals surface area contributed by atoms with E-state index in [2.05, 4.69) is 5.32 Å². The Morgan fingerprint density at radius 1 is 1.38 bits per heavy atom. The standard InChI is InChI=1S/C16H14FN3O/c1-10-3-2-4-13(16(19)21)15(10)20-9-12-7-11(8-18)5-6-14(12)17/h2-7,20H,9H2,1H3,(H2,19,21). The Labute approximate surface area is 122 Å². The van der Waals surface area contributed by atoms with Gasteiger partial charge in [-0.3, -0.25) is 4.79 Å². The van der Waals surface area contributed by atoms with Crippen molar-refractivity contribution in [2.75, 3.05) is 5.32 Å². The quantitative estimate of drug-likeness (QED) is 0.905. The number of halogens is 1. The summed E-state index contributed by atoms with van der Waals surface area (Å²) >= 11 is 0. The number of carbonyl (C=O) groups excluding carboxylic acids is 1. The molecule has 0 radical (unpaired) electrons. The van der Waals surface area contributed by atoms with E-state index >= 15 is 0 Å². The molecular formula is C16H14FN3O. The zero-order chi connectivity index (χ0) is 15.4. The van der Waals surface area contributed by atoms with Crippen LogP contribution in [0.1, 0.15) is 27.0 Å². The number of anilines is 1. The highest BCUT2D eigenvalue weighted by Gasteiger charge is 2.11. The maximum absolute atomic E-state index is 13.7. The lowest BCUT2D eigenvalue weighted by atomic mass is 10.1. The smallest absolute Gasteiger partial charge is 0.250 e. The van der Waals surface area contributed by atoms with Crippen LogP contribution in [-0.4, -0.2) is 5.91 Å². The van der Waals surface area contributed by atoms with Crippen LogP contribution in [0, 0.1) is 24.1 Å². The van der Waals surface area contributed by atoms with Gasteiger partial charge in [0.2, 0.25) is 0 Å². The van der Waals surface area contributed by atoms with Crippen molar-refractivity contribution in [2.45, 2.75) is 13.5 Å². The van der Waals surface area contributed by atoms with E-state index in [0.717, 1.165) is 5.56 Å². The minimum absolute atomic E-state index is 0.159. The van der Waals surface area contributed by atoms with Gasteiger partial charge >= 0.3 is 0 Å². The maximum Gasteiger partial charge on any atom is 0.250 e. The number of benzene rings is 2. The van der Waals surface area contributed by atoms with Gasteiger partial charge in [-0.25, -0.2) is 4.39 Å². The summed E-state index contributed by atoms with van der Waals surface area (Å²) in [6.45, 7) is 1.99. The van der Waals surface area contributed by atoms with E-state index in [0.29, 0.717) is 22.4 Å². The Kier molecular flexibility index (Phi) is 4.19. The van der Waals surface area contributed by atoms with Gasteiger partial charge in [-0.1, -0.05) is 12.1 Å². The van der Waals surface area contributed by atoms with Crippen LogP contribution >= 0.6 is 0 Å². The summed E-state index contributed by atoms with van der Waals surface area (Å²) in [6.07, 6.45) is 0. The zero-order valence-corrected chi connectivity index (χ0v) is 11.5. The normalized spacial score (nSPS) is 9.95. The molecule has 3 N–H and O–H groups in total. The van der Waals surface area contributed by atoms with E-state index < -0.39 is 11.7 Å². The van der Waals surface area contributed by atoms with Crippen molar-refractivity contribution in [3.63, 3.8) is 0 Å². The number of carbonyl (C=O) groups is 1. The molecule has 21 heavy (non-hydrogen) atoms. The molecular weight excluding hydrogens is 269 g/mol. The summed E-state index contributed by atoms with van der Waals surface area (Å²) in [6, 6.07) is 11.3. The maximum atomic E-state index is 13.7. The van der Waals surface area contributed by atoms with Crippen molar-refractivity contribution in [3.05, 3.63) is 64.5 Å². The molecule has 0 aromatic heterocycles. The topological polar surface area (TPSA) is 78.9 Å². The third-order valence-corrected chi connectivity index (χ3v) is 3.17. The molecule has 0 spiro atoms. The number of amides is 1. The second kappa shape index (κ2) is 6.06. The third-order valence-electron chi connectivity index (χ3n) is 3.17. The molecule has 0 heterocycles. The number of hydrogen-bond acceptors (Lipinski definition) is 3. The molecule has 106 valence electrons. The number of primary amides is 1. The van der Waals surface area contributed by atoms with Crippen molar-refractivity contribution in [1.29, 1.82) is 5.26 Å². The first-order chi connectivity index (χ1) is 10.0. The second-order valence-electron chi connectivity index (χ2n) is 4.63. The summed E-state index contributed by atoms with van der Waals surface area (Å²) in [7, 11) is 0. The molecule has 0 fully saturated rings. The highest BCUT2D eigenvalue weighted by atomic mass is 19.1. The van der Waals surface area contributed by atoms with E-state index in [1.54, 1.807) is 12.1 Å². The molecule has 0 saturated heterocycles. The van der Waals surface area contributed by atoms with Gasteiger partial charge in [-0.2, -0.15) is 5.26 Å². The first-order valence-corrected chi connectivity index (χ1v) is 6.34. The molecule has 0 bridgehead atoms. The summed E-state index contributed by atoms with van der Waals surface area (Å²) in [5.41, 5.74) is 7.83. The van der Waals surface area contributed by atoms with E-state index in [-0.39, 0.29) is 6.54 Å². The number of nitrogens with zero attached hydrogens (tertiary/aromatic N) is 1. The van der Waals surface area contributed by atoms with E-state index in [1.807, 2.05) is 19.1 Å². The Bertz CT molecular complexity index is 735. The van der Waals surface area contributed by atoms with Crippen LogP contribution in [0.2, 0.25) is 0 Å². The van der Waals surface area contributed by atoms with Crippen LogP contribution in [0.4, 0.5) is 10.1 Å². The molecule has 0 unspecified atom stereocenters. The van der Waals surface area contributed by atoms with E-state index in [4.69, 9.17) is 11.0 Å². The van der Waals surface area contributed by atoms with Gasteiger partial charge in [-0.15, -0.1) is 0 Å². The Balaban J connectivity index is 2.29. The number of hydrogen-bond donors (Lipinski definition) is 2. The van der Waals surface area contributed by atoms with Gasteiger partial charge < -0.3 is 11.1 Å². The molecule has 4 nitrogen and oxygen atoms in total. The van der Waals surface area contributed by atoms with E-state index in [9.17, 15) is 9.18 Å². The van der Waals surface area contributed by atoms with Crippen molar-refractivity contribution in [2.24, 2.45) is 5.73 Å². The van der Waals surface area contributed by atoms with Crippen LogP contribution in [-0.2, 0) is 6.54 Å². The van der Waals surface area contributed by atoms with Crippen molar-refractivity contribution < 1.29 is 9.18 Å². The van der Waals surface area contributed by atoms with Crippen LogP contribution in [0.25, 0.3) is 0 Å². The Hall–Kier alpha value is -2.87. The average Bonchev–Trinajstić information content (AvgIpc) is 2.47. The highest BCUT2D eigenvalue weighted by molar-refractivity contribution is 5.99. The number of nitriles is 1. The molecule has 2 rings (SSSR count). The molecule has 0 aliphatic carbocycles. The Morgan fingerprint density at radius 3 is 2.81 bits per heavy atom. The van der Waals surface area contributed by atoms with Gasteiger partial charge in [0.15, 0.2) is 0 Å². The highest BCUT2D eigenvalue weighted by Crippen LogP contribution is 2.21. The van der Waals surface area contributed by atoms with Gasteiger partial charge in [0, 0.05) is 12.1 Å². The average molecular weight is 283 g/mol. The number of nitrogens with one attached hydrogen (secondary N) is 1. The summed E-state index contributed by atoms with van der Waals surface area (Å²) in [5.74, 6) is -0.955. The van der Waals surface area contributed by atoms with Crippen LogP contribution in [0.15, 0.2) is 36.4 Å². The molecule has 0 atom stereocenters. The van der Waals surface area contributed by atoms with Gasteiger partial charge in [0.25, 0.3) is 5.91 Å². The fourth-order valence-corrected chi connectivity index (χ4v) is 2.07. The van der Waals surface area contributed by atoms with Crippen molar-refractivity contribution >= 4 is 11.6 Å². The molecule has 2 aromatic rings. The third kappa shape index (κ3) is 3.18. The first kappa shape index (κ1) is 14.5. The van der Waals surface area contributed by atoms with Crippen LogP contribution in [0.3, 0.4) is 0 Å². The second-order valence-corrected chi connectivity index (χ2v) is 4.63. The molecule has 0 aliphatic heterocycles. The summed E-state index contributed by atoms with van der Waals surface area (Å²) in [5, 5.41) is 11.9. The van der Waals surface area contributed by atoms with Gasteiger partial charge in [0.1, 0.15) is 5.82 Å². The fourth-order valence-electron chi connectivity index (χ4n) is 2.07. The minimum atomic E-state index is -0.549. The molecule has 5 heteroatoms. The van der Waals surface area contributed by atoms with Crippen molar-refractivity contribution in [3.8, 4) is 6.07 Å². The summed E-state index contributed by atoms with van der Waals surface area (Å²) < 4.78 is 13.7. The Morgan fingerprint density at radius 2 is 2.14 bits per heavy atom.